The molecule has 1 aromatic carbocycles. The molecule has 182 valence electrons. The molecule has 8 nitrogen and oxygen atoms in total. The van der Waals surface area contributed by atoms with Crippen LogP contribution in [-0.2, 0) is 30.8 Å². The van der Waals surface area contributed by atoms with Gasteiger partial charge in [0.05, 0.1) is 35.2 Å². The van der Waals surface area contributed by atoms with Crippen LogP contribution in [0.25, 0.3) is 11.0 Å². The minimum atomic E-state index is -3.58. The van der Waals surface area contributed by atoms with Crippen molar-refractivity contribution in [2.24, 2.45) is 5.92 Å². The van der Waals surface area contributed by atoms with Crippen LogP contribution in [0, 0.1) is 5.92 Å². The summed E-state index contributed by atoms with van der Waals surface area (Å²) < 4.78 is 41.2. The number of aromatic nitrogens is 2. The molecule has 0 amide bonds. The van der Waals surface area contributed by atoms with E-state index >= 15 is 0 Å². The molecule has 33 heavy (non-hydrogen) atoms. The van der Waals surface area contributed by atoms with Crippen LogP contribution < -0.4 is 0 Å². The monoisotopic (exact) mass is 495 g/mol. The average Bonchev–Trinajstić information content (AvgIpc) is 3.42. The van der Waals surface area contributed by atoms with Crippen molar-refractivity contribution in [1.82, 2.24) is 13.9 Å². The van der Waals surface area contributed by atoms with Gasteiger partial charge in [0, 0.05) is 19.7 Å². The molecule has 2 aliphatic rings. The zero-order valence-corrected chi connectivity index (χ0v) is 21.2. The fraction of sp³-hybridized carbons (Fsp3) is 0.652. The standard InChI is InChI=1S/C23H33N3O5S2/c1-4-30-22(27)17(3)32-23-24-20-13-19(33(28,29)25-11-5-7-16(2)14-25)9-10-21(20)26(23)15-18-8-6-12-31-18/h9-10,13,16-18H,4-8,11-12,14-15H2,1-3H3. The van der Waals surface area contributed by atoms with Crippen molar-refractivity contribution in [2.45, 2.75) is 74.4 Å². The van der Waals surface area contributed by atoms with Crippen molar-refractivity contribution in [3.63, 3.8) is 0 Å². The molecule has 2 fully saturated rings. The minimum Gasteiger partial charge on any atom is -0.465 e. The average molecular weight is 496 g/mol. The lowest BCUT2D eigenvalue weighted by Crippen LogP contribution is -2.39. The number of carbonyl (C=O) groups excluding carboxylic acids is 1. The number of esters is 1. The Morgan fingerprint density at radius 2 is 2.15 bits per heavy atom. The second-order valence-electron chi connectivity index (χ2n) is 8.91. The van der Waals surface area contributed by atoms with Crippen molar-refractivity contribution in [3.8, 4) is 0 Å². The van der Waals surface area contributed by atoms with Crippen molar-refractivity contribution >= 4 is 38.8 Å². The van der Waals surface area contributed by atoms with E-state index in [4.69, 9.17) is 14.5 Å². The third-order valence-electron chi connectivity index (χ3n) is 6.25. The van der Waals surface area contributed by atoms with E-state index in [0.29, 0.717) is 42.8 Å². The van der Waals surface area contributed by atoms with Crippen LogP contribution in [0.1, 0.15) is 46.5 Å². The van der Waals surface area contributed by atoms with E-state index in [0.717, 1.165) is 37.8 Å². The summed E-state index contributed by atoms with van der Waals surface area (Å²) in [5, 5.41) is 0.241. The molecule has 2 saturated heterocycles. The Hall–Kier alpha value is -1.62. The summed E-state index contributed by atoms with van der Waals surface area (Å²) in [7, 11) is -3.58. The number of ether oxygens (including phenoxy) is 2. The third kappa shape index (κ3) is 5.39. The summed E-state index contributed by atoms with van der Waals surface area (Å²) >= 11 is 1.33. The summed E-state index contributed by atoms with van der Waals surface area (Å²) in [4.78, 5) is 17.2. The van der Waals surface area contributed by atoms with Crippen LogP contribution in [0.15, 0.2) is 28.3 Å². The highest BCUT2D eigenvalue weighted by Gasteiger charge is 2.30. The minimum absolute atomic E-state index is 0.0814. The highest BCUT2D eigenvalue weighted by atomic mass is 32.2. The van der Waals surface area contributed by atoms with Gasteiger partial charge in [-0.2, -0.15) is 4.31 Å². The van der Waals surface area contributed by atoms with Gasteiger partial charge in [0.1, 0.15) is 5.25 Å². The quantitative estimate of drug-likeness (QED) is 0.408. The molecule has 0 saturated carbocycles. The second kappa shape index (κ2) is 10.3. The van der Waals surface area contributed by atoms with Crippen LogP contribution in [-0.4, -0.2) is 65.9 Å². The normalized spacial score (nSPS) is 23.1. The Morgan fingerprint density at radius 3 is 2.85 bits per heavy atom. The van der Waals surface area contributed by atoms with Gasteiger partial charge in [-0.15, -0.1) is 0 Å². The maximum atomic E-state index is 13.3. The van der Waals surface area contributed by atoms with Crippen molar-refractivity contribution < 1.29 is 22.7 Å². The molecule has 4 rings (SSSR count). The zero-order chi connectivity index (χ0) is 23.6. The predicted octanol–water partition coefficient (Wildman–Crippen LogP) is 3.68. The first-order chi connectivity index (χ1) is 15.8. The Kier molecular flexibility index (Phi) is 7.67. The number of imidazole rings is 1. The lowest BCUT2D eigenvalue weighted by molar-refractivity contribution is -0.142. The molecule has 3 atom stereocenters. The maximum absolute atomic E-state index is 13.3. The van der Waals surface area contributed by atoms with Crippen LogP contribution >= 0.6 is 11.8 Å². The number of rotatable bonds is 8. The number of fused-ring (bicyclic) bond motifs is 1. The number of carbonyl (C=O) groups is 1. The molecule has 2 aromatic rings. The van der Waals surface area contributed by atoms with Gasteiger partial charge in [0.25, 0.3) is 0 Å². The summed E-state index contributed by atoms with van der Waals surface area (Å²) in [6.07, 6.45) is 4.01. The van der Waals surface area contributed by atoms with Gasteiger partial charge >= 0.3 is 5.97 Å². The summed E-state index contributed by atoms with van der Waals surface area (Å²) in [6, 6.07) is 5.17. The van der Waals surface area contributed by atoms with Crippen LogP contribution in [0.3, 0.4) is 0 Å². The SMILES string of the molecule is CCOC(=O)C(C)Sc1nc2cc(S(=O)(=O)N3CCCC(C)C3)ccc2n1CC1CCCO1. The fourth-order valence-electron chi connectivity index (χ4n) is 4.49. The van der Waals surface area contributed by atoms with Crippen LogP contribution in [0.2, 0.25) is 0 Å². The fourth-order valence-corrected chi connectivity index (χ4v) is 7.04. The Labute approximate surface area is 200 Å². The zero-order valence-electron chi connectivity index (χ0n) is 19.5. The van der Waals surface area contributed by atoms with E-state index in [1.54, 1.807) is 30.3 Å². The lowest BCUT2D eigenvalue weighted by atomic mass is 10.0. The van der Waals surface area contributed by atoms with Crippen molar-refractivity contribution in [2.75, 3.05) is 26.3 Å². The molecule has 0 radical (unpaired) electrons. The first kappa shape index (κ1) is 24.5. The number of hydrogen-bond acceptors (Lipinski definition) is 7. The van der Waals surface area contributed by atoms with Crippen LogP contribution in [0.5, 0.6) is 0 Å². The molecule has 3 heterocycles. The summed E-state index contributed by atoms with van der Waals surface area (Å²) in [6.45, 7) is 8.46. The molecular formula is C23H33N3O5S2. The van der Waals surface area contributed by atoms with Gasteiger partial charge in [-0.25, -0.2) is 13.4 Å². The molecule has 2 aliphatic heterocycles. The molecule has 0 spiro atoms. The Balaban J connectivity index is 1.68. The van der Waals surface area contributed by atoms with E-state index in [2.05, 4.69) is 6.92 Å². The number of piperidine rings is 1. The topological polar surface area (TPSA) is 90.7 Å². The molecule has 0 aliphatic carbocycles. The van der Waals surface area contributed by atoms with Crippen molar-refractivity contribution in [1.29, 1.82) is 0 Å². The number of sulfonamides is 1. The first-order valence-electron chi connectivity index (χ1n) is 11.7. The van der Waals surface area contributed by atoms with Gasteiger partial charge < -0.3 is 14.0 Å². The molecule has 10 heteroatoms. The first-order valence-corrected chi connectivity index (χ1v) is 14.1. The van der Waals surface area contributed by atoms with Gasteiger partial charge in [0.15, 0.2) is 5.16 Å². The van der Waals surface area contributed by atoms with E-state index in [1.807, 2.05) is 10.6 Å². The molecule has 1 aromatic heterocycles. The Morgan fingerprint density at radius 1 is 1.33 bits per heavy atom. The highest BCUT2D eigenvalue weighted by molar-refractivity contribution is 8.00. The smallest absolute Gasteiger partial charge is 0.319 e. The second-order valence-corrected chi connectivity index (χ2v) is 12.2. The van der Waals surface area contributed by atoms with Gasteiger partial charge in [-0.05, 0) is 63.6 Å². The van der Waals surface area contributed by atoms with Gasteiger partial charge in [-0.1, -0.05) is 18.7 Å². The van der Waals surface area contributed by atoms with Crippen LogP contribution in [0.4, 0.5) is 0 Å². The largest absolute Gasteiger partial charge is 0.465 e. The van der Waals surface area contributed by atoms with Gasteiger partial charge in [0.2, 0.25) is 10.0 Å². The van der Waals surface area contributed by atoms with Crippen molar-refractivity contribution in [3.05, 3.63) is 18.2 Å². The van der Waals surface area contributed by atoms with E-state index in [1.165, 1.54) is 11.8 Å². The molecular weight excluding hydrogens is 462 g/mol. The lowest BCUT2D eigenvalue weighted by Gasteiger charge is -2.30. The van der Waals surface area contributed by atoms with Gasteiger partial charge in [-0.3, -0.25) is 4.79 Å². The highest BCUT2D eigenvalue weighted by Crippen LogP contribution is 2.32. The summed E-state index contributed by atoms with van der Waals surface area (Å²) in [5.74, 6) is 0.0657. The molecule has 0 N–H and O–H groups in total. The number of hydrogen-bond donors (Lipinski definition) is 0. The molecule has 0 bridgehead atoms. The van der Waals surface area contributed by atoms with E-state index in [-0.39, 0.29) is 17.0 Å². The Bertz CT molecular complexity index is 1090. The number of benzene rings is 1. The van der Waals surface area contributed by atoms with E-state index < -0.39 is 15.3 Å². The maximum Gasteiger partial charge on any atom is 0.319 e. The predicted molar refractivity (Wildman–Crippen MR) is 128 cm³/mol. The number of thioether (sulfide) groups is 1. The van der Waals surface area contributed by atoms with E-state index in [9.17, 15) is 13.2 Å². The third-order valence-corrected chi connectivity index (χ3v) is 9.18. The summed E-state index contributed by atoms with van der Waals surface area (Å²) in [5.41, 5.74) is 1.45. The molecule has 3 unspecified atom stereocenters. The number of nitrogens with zero attached hydrogens (tertiary/aromatic N) is 3.